The van der Waals surface area contributed by atoms with Crippen LogP contribution in [-0.4, -0.2) is 60.0 Å². The first-order chi connectivity index (χ1) is 10.1. The average Bonchev–Trinajstić information content (AvgIpc) is 3.29. The van der Waals surface area contributed by atoms with Crippen LogP contribution in [0.2, 0.25) is 0 Å². The number of amides is 1. The van der Waals surface area contributed by atoms with Crippen LogP contribution in [0.3, 0.4) is 0 Å². The minimum absolute atomic E-state index is 0.394. The van der Waals surface area contributed by atoms with Crippen LogP contribution in [0.5, 0.6) is 0 Å². The number of nitrogens with zero attached hydrogens (tertiary/aromatic N) is 2. The molecule has 0 spiro atoms. The molecule has 0 unspecified atom stereocenters. The molecule has 21 heavy (non-hydrogen) atoms. The Morgan fingerprint density at radius 1 is 1.10 bits per heavy atom. The van der Waals surface area contributed by atoms with E-state index >= 15 is 0 Å². The van der Waals surface area contributed by atoms with Crippen molar-refractivity contribution < 1.29 is 4.79 Å². The molecule has 0 aromatic rings. The third-order valence-corrected chi connectivity index (χ3v) is 5.58. The Morgan fingerprint density at radius 2 is 1.71 bits per heavy atom. The maximum atomic E-state index is 12.9. The summed E-state index contributed by atoms with van der Waals surface area (Å²) in [4.78, 5) is 17.5. The summed E-state index contributed by atoms with van der Waals surface area (Å²) in [6, 6.07) is 1.57. The number of nitrogens with one attached hydrogen (secondary N) is 1. The van der Waals surface area contributed by atoms with Crippen LogP contribution in [-0.2, 0) is 4.79 Å². The quantitative estimate of drug-likeness (QED) is 0.859. The lowest BCUT2D eigenvalue weighted by Gasteiger charge is -2.39. The highest BCUT2D eigenvalue weighted by Gasteiger charge is 2.39. The van der Waals surface area contributed by atoms with E-state index in [9.17, 15) is 4.79 Å². The van der Waals surface area contributed by atoms with E-state index in [1.54, 1.807) is 0 Å². The topological polar surface area (TPSA) is 35.6 Å². The average molecular weight is 293 g/mol. The zero-order chi connectivity index (χ0) is 14.8. The fourth-order valence-corrected chi connectivity index (χ4v) is 3.95. The predicted molar refractivity (Wildman–Crippen MR) is 85.2 cm³/mol. The van der Waals surface area contributed by atoms with Crippen molar-refractivity contribution in [2.45, 2.75) is 70.5 Å². The summed E-state index contributed by atoms with van der Waals surface area (Å²) in [5.74, 6) is 1.25. The van der Waals surface area contributed by atoms with Crippen LogP contribution >= 0.6 is 0 Å². The summed E-state index contributed by atoms with van der Waals surface area (Å²) < 4.78 is 0. The number of carbonyl (C=O) groups is 1. The monoisotopic (exact) mass is 293 g/mol. The first-order valence-electron chi connectivity index (χ1n) is 8.91. The van der Waals surface area contributed by atoms with Gasteiger partial charge in [-0.25, -0.2) is 0 Å². The van der Waals surface area contributed by atoms with Crippen LogP contribution in [0, 0.1) is 5.92 Å². The molecule has 2 aliphatic carbocycles. The molecular weight excluding hydrogens is 262 g/mol. The van der Waals surface area contributed by atoms with Gasteiger partial charge < -0.3 is 10.2 Å². The van der Waals surface area contributed by atoms with Gasteiger partial charge in [0.15, 0.2) is 0 Å². The van der Waals surface area contributed by atoms with Gasteiger partial charge >= 0.3 is 0 Å². The molecule has 4 nitrogen and oxygen atoms in total. The van der Waals surface area contributed by atoms with E-state index in [0.717, 1.165) is 25.6 Å². The summed E-state index contributed by atoms with van der Waals surface area (Å²) in [6.45, 7) is 8.24. The Labute approximate surface area is 129 Å². The molecule has 0 bridgehead atoms. The van der Waals surface area contributed by atoms with Crippen LogP contribution in [0.1, 0.15) is 52.4 Å². The fraction of sp³-hybridized carbons (Fsp3) is 0.941. The number of carbonyl (C=O) groups excluding carboxylic acids is 1. The molecule has 0 aromatic heterocycles. The molecule has 1 N–H and O–H groups in total. The van der Waals surface area contributed by atoms with Gasteiger partial charge in [0.05, 0.1) is 6.54 Å². The molecule has 1 amide bonds. The number of rotatable bonds is 4. The maximum Gasteiger partial charge on any atom is 0.237 e. The Bertz CT molecular complexity index is 361. The molecule has 3 fully saturated rings. The molecule has 1 atom stereocenters. The minimum Gasteiger partial charge on any atom is -0.336 e. The molecule has 3 rings (SSSR count). The summed E-state index contributed by atoms with van der Waals surface area (Å²) >= 11 is 0. The zero-order valence-corrected chi connectivity index (χ0v) is 13.7. The van der Waals surface area contributed by atoms with Crippen LogP contribution < -0.4 is 5.32 Å². The van der Waals surface area contributed by atoms with E-state index in [1.807, 2.05) is 0 Å². The van der Waals surface area contributed by atoms with Crippen molar-refractivity contribution in [3.05, 3.63) is 0 Å². The normalized spacial score (nSPS) is 34.7. The molecule has 2 saturated carbocycles. The van der Waals surface area contributed by atoms with E-state index in [2.05, 4.69) is 29.0 Å². The molecule has 1 aliphatic heterocycles. The van der Waals surface area contributed by atoms with Gasteiger partial charge in [0.2, 0.25) is 5.91 Å². The SMILES string of the molecule is CC1CCC(N(C(=O)CN2CCNC[C@@H]2C)C2CC2)CC1. The van der Waals surface area contributed by atoms with Gasteiger partial charge in [-0.15, -0.1) is 0 Å². The second-order valence-corrected chi connectivity index (χ2v) is 7.47. The summed E-state index contributed by atoms with van der Waals surface area (Å²) in [6.07, 6.45) is 7.50. The minimum atomic E-state index is 0.394. The molecule has 0 aromatic carbocycles. The highest BCUT2D eigenvalue weighted by Crippen LogP contribution is 2.35. The maximum absolute atomic E-state index is 12.9. The van der Waals surface area contributed by atoms with Gasteiger partial charge in [-0.2, -0.15) is 0 Å². The number of piperazine rings is 1. The van der Waals surface area contributed by atoms with Gasteiger partial charge in [-0.3, -0.25) is 9.69 Å². The lowest BCUT2D eigenvalue weighted by molar-refractivity contribution is -0.137. The van der Waals surface area contributed by atoms with E-state index in [0.29, 0.717) is 30.6 Å². The zero-order valence-electron chi connectivity index (χ0n) is 13.7. The van der Waals surface area contributed by atoms with Gasteiger partial charge in [0, 0.05) is 37.8 Å². The third-order valence-electron chi connectivity index (χ3n) is 5.58. The van der Waals surface area contributed by atoms with E-state index in [1.165, 1.54) is 38.5 Å². The molecule has 120 valence electrons. The lowest BCUT2D eigenvalue weighted by Crippen LogP contribution is -2.55. The van der Waals surface area contributed by atoms with Crippen molar-refractivity contribution in [3.8, 4) is 0 Å². The van der Waals surface area contributed by atoms with Gasteiger partial charge in [-0.05, 0) is 51.4 Å². The lowest BCUT2D eigenvalue weighted by atomic mass is 9.86. The van der Waals surface area contributed by atoms with Crippen LogP contribution in [0.4, 0.5) is 0 Å². The second-order valence-electron chi connectivity index (χ2n) is 7.47. The Balaban J connectivity index is 1.59. The predicted octanol–water partition coefficient (Wildman–Crippen LogP) is 1.85. The number of hydrogen-bond donors (Lipinski definition) is 1. The van der Waals surface area contributed by atoms with Gasteiger partial charge in [-0.1, -0.05) is 6.92 Å². The largest absolute Gasteiger partial charge is 0.336 e. The third kappa shape index (κ3) is 3.78. The van der Waals surface area contributed by atoms with Crippen molar-refractivity contribution in [2.24, 2.45) is 5.92 Å². The Hall–Kier alpha value is -0.610. The van der Waals surface area contributed by atoms with E-state index in [4.69, 9.17) is 0 Å². The molecular formula is C17H31N3O. The molecule has 1 saturated heterocycles. The highest BCUT2D eigenvalue weighted by molar-refractivity contribution is 5.79. The smallest absolute Gasteiger partial charge is 0.237 e. The van der Waals surface area contributed by atoms with E-state index in [-0.39, 0.29) is 0 Å². The second kappa shape index (κ2) is 6.66. The first-order valence-corrected chi connectivity index (χ1v) is 8.91. The van der Waals surface area contributed by atoms with E-state index < -0.39 is 0 Å². The summed E-state index contributed by atoms with van der Waals surface area (Å²) in [5, 5.41) is 3.40. The molecule has 3 aliphatic rings. The van der Waals surface area contributed by atoms with Crippen LogP contribution in [0.15, 0.2) is 0 Å². The van der Waals surface area contributed by atoms with Crippen LogP contribution in [0.25, 0.3) is 0 Å². The van der Waals surface area contributed by atoms with Gasteiger partial charge in [0.25, 0.3) is 0 Å². The van der Waals surface area contributed by atoms with Crippen molar-refractivity contribution in [1.29, 1.82) is 0 Å². The summed E-state index contributed by atoms with van der Waals surface area (Å²) in [5.41, 5.74) is 0. The van der Waals surface area contributed by atoms with Gasteiger partial charge in [0.1, 0.15) is 0 Å². The van der Waals surface area contributed by atoms with Crippen molar-refractivity contribution in [3.63, 3.8) is 0 Å². The van der Waals surface area contributed by atoms with Crippen molar-refractivity contribution in [1.82, 2.24) is 15.1 Å². The molecule has 1 heterocycles. The highest BCUT2D eigenvalue weighted by atomic mass is 16.2. The first kappa shape index (κ1) is 15.3. The fourth-order valence-electron chi connectivity index (χ4n) is 3.95. The summed E-state index contributed by atoms with van der Waals surface area (Å²) in [7, 11) is 0. The Morgan fingerprint density at radius 3 is 2.29 bits per heavy atom. The van der Waals surface area contributed by atoms with Crippen molar-refractivity contribution >= 4 is 5.91 Å². The van der Waals surface area contributed by atoms with Crippen molar-refractivity contribution in [2.75, 3.05) is 26.2 Å². The Kier molecular flexibility index (Phi) is 4.85. The number of hydrogen-bond acceptors (Lipinski definition) is 3. The molecule has 4 heteroatoms. The standard InChI is InChI=1S/C17H31N3O/c1-13-3-5-15(6-4-13)20(16-7-8-16)17(21)12-19-10-9-18-11-14(19)2/h13-16,18H,3-12H2,1-2H3/t13?,14-,15?/m0/s1. The molecule has 0 radical (unpaired) electrons.